The molecular formula is C19H16N2O5S. The van der Waals surface area contributed by atoms with Crippen LogP contribution in [0.4, 0.5) is 5.69 Å². The first kappa shape index (κ1) is 18.4. The summed E-state index contributed by atoms with van der Waals surface area (Å²) >= 11 is 0. The van der Waals surface area contributed by atoms with Crippen LogP contribution in [0, 0.1) is 0 Å². The van der Waals surface area contributed by atoms with Crippen LogP contribution in [0.15, 0.2) is 78.0 Å². The van der Waals surface area contributed by atoms with Crippen LogP contribution in [0.1, 0.15) is 10.4 Å². The Morgan fingerprint density at radius 3 is 2.07 bits per heavy atom. The summed E-state index contributed by atoms with van der Waals surface area (Å²) in [6.07, 6.45) is 3.23. The lowest BCUT2D eigenvalue weighted by Gasteiger charge is -2.10. The molecule has 0 aliphatic rings. The number of methoxy groups -OCH3 is 1. The summed E-state index contributed by atoms with van der Waals surface area (Å²) in [5, 5.41) is 0. The van der Waals surface area contributed by atoms with E-state index in [1.807, 2.05) is 0 Å². The minimum atomic E-state index is -3.79. The number of rotatable bonds is 6. The Bertz CT molecular complexity index is 1020. The topological polar surface area (TPSA) is 94.6 Å². The van der Waals surface area contributed by atoms with Crippen molar-refractivity contribution in [2.45, 2.75) is 4.90 Å². The minimum absolute atomic E-state index is 0.0345. The molecule has 0 atom stereocenters. The average Bonchev–Trinajstić information content (AvgIpc) is 2.69. The molecule has 0 aliphatic heterocycles. The average molecular weight is 384 g/mol. The largest absolute Gasteiger partial charge is 0.465 e. The van der Waals surface area contributed by atoms with Crippen molar-refractivity contribution < 1.29 is 22.7 Å². The highest BCUT2D eigenvalue weighted by atomic mass is 32.2. The molecule has 0 spiro atoms. The zero-order chi connectivity index (χ0) is 19.3. The summed E-state index contributed by atoms with van der Waals surface area (Å²) in [6.45, 7) is 0. The Morgan fingerprint density at radius 1 is 0.889 bits per heavy atom. The molecule has 7 nitrogen and oxygen atoms in total. The zero-order valence-corrected chi connectivity index (χ0v) is 15.1. The first-order chi connectivity index (χ1) is 13.0. The van der Waals surface area contributed by atoms with E-state index >= 15 is 0 Å². The van der Waals surface area contributed by atoms with E-state index in [0.717, 1.165) is 0 Å². The Hall–Kier alpha value is -3.39. The monoisotopic (exact) mass is 384 g/mol. The van der Waals surface area contributed by atoms with Crippen LogP contribution in [-0.2, 0) is 14.8 Å². The van der Waals surface area contributed by atoms with E-state index in [2.05, 4.69) is 14.4 Å². The van der Waals surface area contributed by atoms with Gasteiger partial charge >= 0.3 is 5.97 Å². The van der Waals surface area contributed by atoms with Crippen LogP contribution >= 0.6 is 0 Å². The number of nitrogens with zero attached hydrogens (tertiary/aromatic N) is 1. The number of aromatic nitrogens is 1. The molecule has 0 saturated carbocycles. The first-order valence-corrected chi connectivity index (χ1v) is 9.35. The highest BCUT2D eigenvalue weighted by molar-refractivity contribution is 7.92. The molecule has 8 heteroatoms. The maximum absolute atomic E-state index is 12.5. The highest BCUT2D eigenvalue weighted by Crippen LogP contribution is 2.24. The number of nitrogens with one attached hydrogen (secondary N) is 1. The number of pyridine rings is 1. The van der Waals surface area contributed by atoms with Crippen molar-refractivity contribution in [2.24, 2.45) is 0 Å². The first-order valence-electron chi connectivity index (χ1n) is 7.87. The van der Waals surface area contributed by atoms with Crippen molar-refractivity contribution in [2.75, 3.05) is 11.8 Å². The molecule has 3 rings (SSSR count). The van der Waals surface area contributed by atoms with Crippen molar-refractivity contribution in [1.29, 1.82) is 0 Å². The predicted octanol–water partition coefficient (Wildman–Crippen LogP) is 3.46. The number of anilines is 1. The van der Waals surface area contributed by atoms with E-state index in [4.69, 9.17) is 4.74 Å². The second kappa shape index (κ2) is 7.88. The van der Waals surface area contributed by atoms with Crippen LogP contribution in [0.5, 0.6) is 11.5 Å². The Kier molecular flexibility index (Phi) is 5.37. The fourth-order valence-corrected chi connectivity index (χ4v) is 3.29. The normalized spacial score (nSPS) is 10.9. The lowest BCUT2D eigenvalue weighted by atomic mass is 10.2. The van der Waals surface area contributed by atoms with E-state index in [1.165, 1.54) is 31.4 Å². The van der Waals surface area contributed by atoms with Crippen molar-refractivity contribution in [3.05, 3.63) is 78.6 Å². The lowest BCUT2D eigenvalue weighted by molar-refractivity contribution is 0.0600. The van der Waals surface area contributed by atoms with Gasteiger partial charge in [0, 0.05) is 18.1 Å². The second-order valence-electron chi connectivity index (χ2n) is 5.43. The maximum Gasteiger partial charge on any atom is 0.337 e. The molecule has 2 aromatic carbocycles. The van der Waals surface area contributed by atoms with Crippen molar-refractivity contribution in [3.63, 3.8) is 0 Å². The number of carbonyl (C=O) groups is 1. The molecule has 138 valence electrons. The van der Waals surface area contributed by atoms with E-state index in [1.54, 1.807) is 48.8 Å². The zero-order valence-electron chi connectivity index (χ0n) is 14.3. The molecule has 0 saturated heterocycles. The Morgan fingerprint density at radius 2 is 1.48 bits per heavy atom. The third-order valence-electron chi connectivity index (χ3n) is 3.58. The van der Waals surface area contributed by atoms with Gasteiger partial charge in [-0.15, -0.1) is 0 Å². The minimum Gasteiger partial charge on any atom is -0.465 e. The molecule has 0 fully saturated rings. The molecule has 1 N–H and O–H groups in total. The quantitative estimate of drug-likeness (QED) is 0.654. The SMILES string of the molecule is COC(=O)c1ccc(S(=O)(=O)Nc2ccc(Oc3ccncc3)cc2)cc1. The van der Waals surface area contributed by atoms with Gasteiger partial charge in [0.05, 0.1) is 17.6 Å². The van der Waals surface area contributed by atoms with Crippen LogP contribution in [0.2, 0.25) is 0 Å². The van der Waals surface area contributed by atoms with Gasteiger partial charge in [0.1, 0.15) is 11.5 Å². The maximum atomic E-state index is 12.5. The summed E-state index contributed by atoms with van der Waals surface area (Å²) in [4.78, 5) is 15.4. The number of hydrogen-bond donors (Lipinski definition) is 1. The molecule has 3 aromatic rings. The van der Waals surface area contributed by atoms with Gasteiger partial charge in [0.15, 0.2) is 0 Å². The second-order valence-corrected chi connectivity index (χ2v) is 7.11. The van der Waals surface area contributed by atoms with E-state index in [9.17, 15) is 13.2 Å². The van der Waals surface area contributed by atoms with Gasteiger partial charge in [0.2, 0.25) is 0 Å². The summed E-state index contributed by atoms with van der Waals surface area (Å²) in [6, 6.07) is 15.4. The van der Waals surface area contributed by atoms with E-state index < -0.39 is 16.0 Å². The van der Waals surface area contributed by atoms with Crippen molar-refractivity contribution >= 4 is 21.7 Å². The summed E-state index contributed by atoms with van der Waals surface area (Å²) < 4.78 is 37.6. The van der Waals surface area contributed by atoms with Gasteiger partial charge < -0.3 is 9.47 Å². The molecule has 1 aromatic heterocycles. The number of sulfonamides is 1. The van der Waals surface area contributed by atoms with Crippen molar-refractivity contribution in [3.8, 4) is 11.5 Å². The van der Waals surface area contributed by atoms with Gasteiger partial charge in [-0.2, -0.15) is 0 Å². The molecule has 1 heterocycles. The Balaban J connectivity index is 1.71. The third kappa shape index (κ3) is 4.62. The standard InChI is InChI=1S/C19H16N2O5S/c1-25-19(22)14-2-8-18(9-3-14)27(23,24)21-15-4-6-16(7-5-15)26-17-10-12-20-13-11-17/h2-13,21H,1H3. The van der Waals surface area contributed by atoms with Crippen LogP contribution < -0.4 is 9.46 Å². The summed E-state index contributed by atoms with van der Waals surface area (Å²) in [5.41, 5.74) is 0.656. The molecule has 27 heavy (non-hydrogen) atoms. The van der Waals surface area contributed by atoms with Gasteiger partial charge in [-0.05, 0) is 60.7 Å². The molecular weight excluding hydrogens is 368 g/mol. The Labute approximate surface area is 156 Å². The van der Waals surface area contributed by atoms with Crippen LogP contribution in [0.3, 0.4) is 0 Å². The molecule has 0 unspecified atom stereocenters. The predicted molar refractivity (Wildman–Crippen MR) is 99.3 cm³/mol. The van der Waals surface area contributed by atoms with Crippen molar-refractivity contribution in [1.82, 2.24) is 4.98 Å². The van der Waals surface area contributed by atoms with Gasteiger partial charge in [-0.3, -0.25) is 9.71 Å². The molecule has 0 bridgehead atoms. The van der Waals surface area contributed by atoms with E-state index in [0.29, 0.717) is 17.2 Å². The lowest BCUT2D eigenvalue weighted by Crippen LogP contribution is -2.13. The number of carbonyl (C=O) groups excluding carboxylic acids is 1. The summed E-state index contributed by atoms with van der Waals surface area (Å²) in [5.74, 6) is 0.660. The van der Waals surface area contributed by atoms with Gasteiger partial charge in [-0.25, -0.2) is 13.2 Å². The molecule has 0 aliphatic carbocycles. The molecule has 0 radical (unpaired) electrons. The summed E-state index contributed by atoms with van der Waals surface area (Å²) in [7, 11) is -2.52. The molecule has 0 amide bonds. The van der Waals surface area contributed by atoms with Gasteiger partial charge in [-0.1, -0.05) is 0 Å². The van der Waals surface area contributed by atoms with Gasteiger partial charge in [0.25, 0.3) is 10.0 Å². The smallest absolute Gasteiger partial charge is 0.337 e. The highest BCUT2D eigenvalue weighted by Gasteiger charge is 2.15. The number of benzene rings is 2. The number of esters is 1. The van der Waals surface area contributed by atoms with Crippen LogP contribution in [0.25, 0.3) is 0 Å². The van der Waals surface area contributed by atoms with Crippen LogP contribution in [-0.4, -0.2) is 26.5 Å². The third-order valence-corrected chi connectivity index (χ3v) is 4.97. The number of hydrogen-bond acceptors (Lipinski definition) is 6. The fraction of sp³-hybridized carbons (Fsp3) is 0.0526. The fourth-order valence-electron chi connectivity index (χ4n) is 2.24. The number of ether oxygens (including phenoxy) is 2. The van der Waals surface area contributed by atoms with E-state index in [-0.39, 0.29) is 10.5 Å².